The molecule has 1 aromatic heterocycles. The Morgan fingerprint density at radius 1 is 1.29 bits per heavy atom. The Bertz CT molecular complexity index is 717. The zero-order valence-corrected chi connectivity index (χ0v) is 11.6. The number of rotatable bonds is 3. The molecule has 1 aliphatic heterocycles. The minimum atomic E-state index is -0.915. The molecule has 0 unspecified atom stereocenters. The first-order valence-corrected chi connectivity index (χ1v) is 6.76. The maximum Gasteiger partial charge on any atom is 0.311 e. The molecule has 0 bridgehead atoms. The van der Waals surface area contributed by atoms with Crippen molar-refractivity contribution in [2.75, 3.05) is 11.4 Å². The maximum atomic E-state index is 11.5. The third-order valence-corrected chi connectivity index (χ3v) is 3.63. The first-order valence-electron chi connectivity index (χ1n) is 6.76. The highest BCUT2D eigenvalue weighted by molar-refractivity contribution is 5.94. The van der Waals surface area contributed by atoms with Crippen LogP contribution in [0, 0.1) is 0 Å². The van der Waals surface area contributed by atoms with Crippen molar-refractivity contribution in [1.29, 1.82) is 0 Å². The fourth-order valence-corrected chi connectivity index (χ4v) is 2.66. The van der Waals surface area contributed by atoms with Gasteiger partial charge in [0.25, 0.3) is 0 Å². The van der Waals surface area contributed by atoms with Crippen LogP contribution in [0.1, 0.15) is 18.2 Å². The van der Waals surface area contributed by atoms with Crippen molar-refractivity contribution >= 4 is 17.6 Å². The number of nitrogens with zero attached hydrogens (tertiary/aromatic N) is 1. The van der Waals surface area contributed by atoms with E-state index < -0.39 is 5.97 Å². The van der Waals surface area contributed by atoms with Crippen molar-refractivity contribution in [1.82, 2.24) is 0 Å². The van der Waals surface area contributed by atoms with E-state index >= 15 is 0 Å². The van der Waals surface area contributed by atoms with E-state index in [9.17, 15) is 9.59 Å². The van der Waals surface area contributed by atoms with E-state index in [-0.39, 0.29) is 12.3 Å². The van der Waals surface area contributed by atoms with E-state index in [0.717, 1.165) is 23.2 Å². The van der Waals surface area contributed by atoms with Crippen molar-refractivity contribution in [3.05, 3.63) is 41.7 Å². The van der Waals surface area contributed by atoms with E-state index in [0.29, 0.717) is 18.1 Å². The van der Waals surface area contributed by atoms with Gasteiger partial charge < -0.3 is 14.4 Å². The molecule has 0 aliphatic carbocycles. The summed E-state index contributed by atoms with van der Waals surface area (Å²) in [5.41, 5.74) is 2.96. The SMILES string of the molecule is CC(=O)N1CCc2cc(-c3ccc(CC(=O)O)o3)ccc21. The highest BCUT2D eigenvalue weighted by Crippen LogP contribution is 2.33. The molecule has 1 aromatic carbocycles. The number of carboxylic acids is 1. The Balaban J connectivity index is 1.89. The summed E-state index contributed by atoms with van der Waals surface area (Å²) in [4.78, 5) is 24.0. The smallest absolute Gasteiger partial charge is 0.311 e. The molecule has 21 heavy (non-hydrogen) atoms. The van der Waals surface area contributed by atoms with Gasteiger partial charge in [0.05, 0.1) is 0 Å². The zero-order chi connectivity index (χ0) is 15.0. The van der Waals surface area contributed by atoms with E-state index in [2.05, 4.69) is 0 Å². The van der Waals surface area contributed by atoms with Gasteiger partial charge in [-0.05, 0) is 42.3 Å². The highest BCUT2D eigenvalue weighted by atomic mass is 16.4. The minimum absolute atomic E-state index is 0.0447. The van der Waals surface area contributed by atoms with Gasteiger partial charge in [0.2, 0.25) is 5.91 Å². The normalized spacial score (nSPS) is 13.3. The second-order valence-corrected chi connectivity index (χ2v) is 5.10. The van der Waals surface area contributed by atoms with Gasteiger partial charge in [-0.3, -0.25) is 9.59 Å². The molecule has 1 N–H and O–H groups in total. The number of carbonyl (C=O) groups excluding carboxylic acids is 1. The number of benzene rings is 1. The summed E-state index contributed by atoms with van der Waals surface area (Å²) in [5.74, 6) is 0.212. The lowest BCUT2D eigenvalue weighted by atomic mass is 10.1. The third kappa shape index (κ3) is 2.54. The van der Waals surface area contributed by atoms with Crippen LogP contribution in [0.4, 0.5) is 5.69 Å². The van der Waals surface area contributed by atoms with Crippen LogP contribution in [0.25, 0.3) is 11.3 Å². The van der Waals surface area contributed by atoms with Gasteiger partial charge in [-0.25, -0.2) is 0 Å². The van der Waals surface area contributed by atoms with E-state index in [4.69, 9.17) is 9.52 Å². The largest absolute Gasteiger partial charge is 0.481 e. The second kappa shape index (κ2) is 5.09. The van der Waals surface area contributed by atoms with Crippen LogP contribution in [0.2, 0.25) is 0 Å². The first-order chi connectivity index (χ1) is 10.0. The maximum absolute atomic E-state index is 11.5. The van der Waals surface area contributed by atoms with Gasteiger partial charge in [0, 0.05) is 24.7 Å². The van der Waals surface area contributed by atoms with Gasteiger partial charge in [0.15, 0.2) is 0 Å². The summed E-state index contributed by atoms with van der Waals surface area (Å²) in [5, 5.41) is 8.76. The quantitative estimate of drug-likeness (QED) is 0.940. The summed E-state index contributed by atoms with van der Waals surface area (Å²) >= 11 is 0. The number of carbonyl (C=O) groups is 2. The van der Waals surface area contributed by atoms with E-state index in [1.165, 1.54) is 0 Å². The molecule has 5 nitrogen and oxygen atoms in total. The molecule has 1 aliphatic rings. The average Bonchev–Trinajstić information content (AvgIpc) is 3.03. The molecule has 0 spiro atoms. The fourth-order valence-electron chi connectivity index (χ4n) is 2.66. The lowest BCUT2D eigenvalue weighted by Crippen LogP contribution is -2.25. The first kappa shape index (κ1) is 13.4. The topological polar surface area (TPSA) is 70.8 Å². The summed E-state index contributed by atoms with van der Waals surface area (Å²) in [7, 11) is 0. The molecule has 5 heteroatoms. The Hall–Kier alpha value is -2.56. The third-order valence-electron chi connectivity index (χ3n) is 3.63. The number of furan rings is 1. The number of fused-ring (bicyclic) bond motifs is 1. The summed E-state index contributed by atoms with van der Waals surface area (Å²) in [6.45, 7) is 2.27. The van der Waals surface area contributed by atoms with Crippen LogP contribution in [-0.4, -0.2) is 23.5 Å². The van der Waals surface area contributed by atoms with Crippen molar-refractivity contribution in [3.8, 4) is 11.3 Å². The van der Waals surface area contributed by atoms with Crippen molar-refractivity contribution in [3.63, 3.8) is 0 Å². The molecule has 1 amide bonds. The minimum Gasteiger partial charge on any atom is -0.481 e. The molecular formula is C16H15NO4. The lowest BCUT2D eigenvalue weighted by Gasteiger charge is -2.14. The second-order valence-electron chi connectivity index (χ2n) is 5.10. The fraction of sp³-hybridized carbons (Fsp3) is 0.250. The summed E-state index contributed by atoms with van der Waals surface area (Å²) in [6, 6.07) is 9.26. The number of carboxylic acid groups (broad SMARTS) is 1. The van der Waals surface area contributed by atoms with Gasteiger partial charge >= 0.3 is 5.97 Å². The average molecular weight is 285 g/mol. The molecule has 2 heterocycles. The number of aliphatic carboxylic acids is 1. The van der Waals surface area contributed by atoms with Crippen molar-refractivity contribution in [2.45, 2.75) is 19.8 Å². The van der Waals surface area contributed by atoms with Crippen molar-refractivity contribution in [2.24, 2.45) is 0 Å². The summed E-state index contributed by atoms with van der Waals surface area (Å²) in [6.07, 6.45) is 0.703. The van der Waals surface area contributed by atoms with E-state index in [1.54, 1.807) is 24.0 Å². The molecular weight excluding hydrogens is 270 g/mol. The molecule has 0 radical (unpaired) electrons. The van der Waals surface area contributed by atoms with Crippen LogP contribution in [0.15, 0.2) is 34.7 Å². The Labute approximate surface area is 121 Å². The van der Waals surface area contributed by atoms with Crippen LogP contribution in [-0.2, 0) is 22.4 Å². The molecule has 0 saturated carbocycles. The van der Waals surface area contributed by atoms with E-state index in [1.807, 2.05) is 18.2 Å². The number of hydrogen-bond acceptors (Lipinski definition) is 3. The molecule has 108 valence electrons. The standard InChI is InChI=1S/C16H15NO4/c1-10(18)17-7-6-11-8-12(2-4-14(11)17)15-5-3-13(21-15)9-16(19)20/h2-5,8H,6-7,9H2,1H3,(H,19,20). The highest BCUT2D eigenvalue weighted by Gasteiger charge is 2.22. The monoisotopic (exact) mass is 285 g/mol. The lowest BCUT2D eigenvalue weighted by molar-refractivity contribution is -0.136. The Kier molecular flexibility index (Phi) is 3.25. The van der Waals surface area contributed by atoms with Crippen LogP contribution >= 0.6 is 0 Å². The molecule has 3 rings (SSSR count). The summed E-state index contributed by atoms with van der Waals surface area (Å²) < 4.78 is 5.55. The number of anilines is 1. The predicted molar refractivity (Wildman–Crippen MR) is 77.2 cm³/mol. The van der Waals surface area contributed by atoms with Gasteiger partial charge in [0.1, 0.15) is 17.9 Å². The van der Waals surface area contributed by atoms with Crippen LogP contribution < -0.4 is 4.90 Å². The molecule has 2 aromatic rings. The number of amides is 1. The van der Waals surface area contributed by atoms with Crippen LogP contribution in [0.3, 0.4) is 0 Å². The molecule has 0 saturated heterocycles. The molecule has 0 fully saturated rings. The zero-order valence-electron chi connectivity index (χ0n) is 11.6. The molecule has 0 atom stereocenters. The Morgan fingerprint density at radius 2 is 2.10 bits per heavy atom. The number of hydrogen-bond donors (Lipinski definition) is 1. The van der Waals surface area contributed by atoms with Gasteiger partial charge in [-0.1, -0.05) is 0 Å². The van der Waals surface area contributed by atoms with Crippen LogP contribution in [0.5, 0.6) is 0 Å². The van der Waals surface area contributed by atoms with Gasteiger partial charge in [-0.15, -0.1) is 0 Å². The van der Waals surface area contributed by atoms with Gasteiger partial charge in [-0.2, -0.15) is 0 Å². The van der Waals surface area contributed by atoms with Crippen molar-refractivity contribution < 1.29 is 19.1 Å². The Morgan fingerprint density at radius 3 is 2.81 bits per heavy atom. The predicted octanol–water partition coefficient (Wildman–Crippen LogP) is 2.48.